The number of alkyl halides is 3. The van der Waals surface area contributed by atoms with Crippen LogP contribution in [-0.2, 0) is 22.1 Å². The molecule has 0 aliphatic rings. The van der Waals surface area contributed by atoms with Gasteiger partial charge in [-0.25, -0.2) is 0 Å². The Balaban J connectivity index is 2.24. The third-order valence-corrected chi connectivity index (χ3v) is 3.91. The maximum absolute atomic E-state index is 13.0. The van der Waals surface area contributed by atoms with Gasteiger partial charge in [-0.3, -0.25) is 4.79 Å². The first kappa shape index (κ1) is 21.6. The molecule has 28 heavy (non-hydrogen) atoms. The first-order valence-electron chi connectivity index (χ1n) is 8.51. The molecule has 0 spiro atoms. The van der Waals surface area contributed by atoms with Crippen LogP contribution >= 0.6 is 0 Å². The molecule has 8 heteroatoms. The Labute approximate surface area is 161 Å². The van der Waals surface area contributed by atoms with Crippen molar-refractivity contribution in [1.82, 2.24) is 0 Å². The van der Waals surface area contributed by atoms with Gasteiger partial charge in [0.25, 0.3) is 0 Å². The number of hydrogen-bond donors (Lipinski definition) is 1. The van der Waals surface area contributed by atoms with Crippen LogP contribution in [0.2, 0.25) is 0 Å². The molecule has 0 aromatic heterocycles. The van der Waals surface area contributed by atoms with E-state index in [0.717, 1.165) is 17.7 Å². The average Bonchev–Trinajstić information content (AvgIpc) is 2.62. The minimum Gasteiger partial charge on any atom is -0.496 e. The SMILES string of the molecule is COCCOc1ccc(C(F)(F)F)cc1NC(=O)Cc1cc(C)ccc1OC. The normalized spacial score (nSPS) is 11.2. The number of carbonyl (C=O) groups is 1. The molecule has 0 bridgehead atoms. The molecule has 2 rings (SSSR count). The van der Waals surface area contributed by atoms with E-state index in [4.69, 9.17) is 14.2 Å². The van der Waals surface area contributed by atoms with Crippen LogP contribution < -0.4 is 14.8 Å². The molecule has 152 valence electrons. The predicted molar refractivity (Wildman–Crippen MR) is 98.9 cm³/mol. The molecule has 0 heterocycles. The monoisotopic (exact) mass is 397 g/mol. The smallest absolute Gasteiger partial charge is 0.416 e. The van der Waals surface area contributed by atoms with Gasteiger partial charge in [0.15, 0.2) is 0 Å². The van der Waals surface area contributed by atoms with E-state index in [0.29, 0.717) is 11.3 Å². The second-order valence-electron chi connectivity index (χ2n) is 6.09. The van der Waals surface area contributed by atoms with E-state index in [1.807, 2.05) is 13.0 Å². The van der Waals surface area contributed by atoms with Crippen LogP contribution in [0.5, 0.6) is 11.5 Å². The van der Waals surface area contributed by atoms with Gasteiger partial charge in [-0.1, -0.05) is 17.7 Å². The van der Waals surface area contributed by atoms with Crippen molar-refractivity contribution in [3.05, 3.63) is 53.1 Å². The lowest BCUT2D eigenvalue weighted by atomic mass is 10.1. The fourth-order valence-electron chi connectivity index (χ4n) is 2.58. The fourth-order valence-corrected chi connectivity index (χ4v) is 2.58. The van der Waals surface area contributed by atoms with Crippen molar-refractivity contribution >= 4 is 11.6 Å². The Morgan fingerprint density at radius 2 is 1.75 bits per heavy atom. The zero-order valence-electron chi connectivity index (χ0n) is 15.9. The van der Waals surface area contributed by atoms with E-state index in [-0.39, 0.29) is 31.1 Å². The molecule has 1 amide bonds. The van der Waals surface area contributed by atoms with Crippen molar-refractivity contribution in [1.29, 1.82) is 0 Å². The molecule has 0 fully saturated rings. The number of ether oxygens (including phenoxy) is 3. The first-order chi connectivity index (χ1) is 13.2. The highest BCUT2D eigenvalue weighted by atomic mass is 19.4. The van der Waals surface area contributed by atoms with Crippen LogP contribution in [0.4, 0.5) is 18.9 Å². The number of aryl methyl sites for hydroxylation is 1. The van der Waals surface area contributed by atoms with E-state index >= 15 is 0 Å². The summed E-state index contributed by atoms with van der Waals surface area (Å²) in [6, 6.07) is 8.31. The van der Waals surface area contributed by atoms with E-state index in [2.05, 4.69) is 5.32 Å². The van der Waals surface area contributed by atoms with Gasteiger partial charge >= 0.3 is 6.18 Å². The Kier molecular flexibility index (Phi) is 7.28. The number of carbonyl (C=O) groups excluding carboxylic acids is 1. The summed E-state index contributed by atoms with van der Waals surface area (Å²) >= 11 is 0. The highest BCUT2D eigenvalue weighted by Crippen LogP contribution is 2.35. The van der Waals surface area contributed by atoms with Crippen molar-refractivity contribution < 1.29 is 32.2 Å². The van der Waals surface area contributed by atoms with Crippen LogP contribution in [-0.4, -0.2) is 33.3 Å². The Bertz CT molecular complexity index is 822. The number of anilines is 1. The van der Waals surface area contributed by atoms with Crippen LogP contribution in [0, 0.1) is 6.92 Å². The number of nitrogens with one attached hydrogen (secondary N) is 1. The topological polar surface area (TPSA) is 56.8 Å². The highest BCUT2D eigenvalue weighted by Gasteiger charge is 2.31. The van der Waals surface area contributed by atoms with Gasteiger partial charge in [0.2, 0.25) is 5.91 Å². The molecule has 0 aliphatic heterocycles. The van der Waals surface area contributed by atoms with Crippen molar-refractivity contribution in [2.75, 3.05) is 32.8 Å². The van der Waals surface area contributed by atoms with E-state index in [1.165, 1.54) is 20.3 Å². The molecule has 2 aromatic carbocycles. The van der Waals surface area contributed by atoms with Crippen LogP contribution in [0.15, 0.2) is 36.4 Å². The van der Waals surface area contributed by atoms with Crippen LogP contribution in [0.3, 0.4) is 0 Å². The molecule has 0 atom stereocenters. The summed E-state index contributed by atoms with van der Waals surface area (Å²) in [4.78, 5) is 12.5. The lowest BCUT2D eigenvalue weighted by molar-refractivity contribution is -0.137. The standard InChI is InChI=1S/C20H22F3NO4/c1-13-4-6-17(27-3)14(10-13)11-19(25)24-16-12-15(20(21,22)23)5-7-18(16)28-9-8-26-2/h4-7,10,12H,8-9,11H2,1-3H3,(H,24,25). The van der Waals surface area contributed by atoms with Gasteiger partial charge in [-0.2, -0.15) is 13.2 Å². The molecule has 2 aromatic rings. The summed E-state index contributed by atoms with van der Waals surface area (Å²) in [5.74, 6) is 0.177. The Morgan fingerprint density at radius 3 is 2.39 bits per heavy atom. The second kappa shape index (κ2) is 9.45. The summed E-state index contributed by atoms with van der Waals surface area (Å²) in [7, 11) is 2.97. The van der Waals surface area contributed by atoms with Gasteiger partial charge in [-0.05, 0) is 31.2 Å². The van der Waals surface area contributed by atoms with Gasteiger partial charge in [0.05, 0.1) is 31.4 Å². The van der Waals surface area contributed by atoms with E-state index in [9.17, 15) is 18.0 Å². The minimum absolute atomic E-state index is 0.0532. The number of rotatable bonds is 8. The molecule has 1 N–H and O–H groups in total. The van der Waals surface area contributed by atoms with Crippen molar-refractivity contribution in [2.45, 2.75) is 19.5 Å². The van der Waals surface area contributed by atoms with E-state index < -0.39 is 17.6 Å². The van der Waals surface area contributed by atoms with Crippen LogP contribution in [0.1, 0.15) is 16.7 Å². The molecule has 0 radical (unpaired) electrons. The summed E-state index contributed by atoms with van der Waals surface area (Å²) < 4.78 is 54.7. The van der Waals surface area contributed by atoms with Gasteiger partial charge in [-0.15, -0.1) is 0 Å². The Hall–Kier alpha value is -2.74. The third kappa shape index (κ3) is 5.88. The number of methoxy groups -OCH3 is 2. The van der Waals surface area contributed by atoms with E-state index in [1.54, 1.807) is 12.1 Å². The lowest BCUT2D eigenvalue weighted by Gasteiger charge is -2.16. The molecular weight excluding hydrogens is 375 g/mol. The average molecular weight is 397 g/mol. The predicted octanol–water partition coefficient (Wildman–Crippen LogP) is 4.23. The Morgan fingerprint density at radius 1 is 1.04 bits per heavy atom. The number of hydrogen-bond acceptors (Lipinski definition) is 4. The third-order valence-electron chi connectivity index (χ3n) is 3.91. The molecule has 0 saturated carbocycles. The minimum atomic E-state index is -4.54. The van der Waals surface area contributed by atoms with Crippen LogP contribution in [0.25, 0.3) is 0 Å². The van der Waals surface area contributed by atoms with Crippen molar-refractivity contribution in [2.24, 2.45) is 0 Å². The number of halogens is 3. The number of amides is 1. The second-order valence-corrected chi connectivity index (χ2v) is 6.09. The summed E-state index contributed by atoms with van der Waals surface area (Å²) in [6.07, 6.45) is -4.59. The zero-order chi connectivity index (χ0) is 20.7. The zero-order valence-corrected chi connectivity index (χ0v) is 15.9. The van der Waals surface area contributed by atoms with Crippen molar-refractivity contribution in [3.8, 4) is 11.5 Å². The summed E-state index contributed by atoms with van der Waals surface area (Å²) in [6.45, 7) is 2.26. The molecule has 0 aliphatic carbocycles. The quantitative estimate of drug-likeness (QED) is 0.678. The maximum Gasteiger partial charge on any atom is 0.416 e. The van der Waals surface area contributed by atoms with Gasteiger partial charge in [0.1, 0.15) is 18.1 Å². The molecule has 0 saturated heterocycles. The first-order valence-corrected chi connectivity index (χ1v) is 8.51. The molecule has 0 unspecified atom stereocenters. The molecular formula is C20H22F3NO4. The van der Waals surface area contributed by atoms with Gasteiger partial charge < -0.3 is 19.5 Å². The highest BCUT2D eigenvalue weighted by molar-refractivity contribution is 5.94. The molecule has 5 nitrogen and oxygen atoms in total. The maximum atomic E-state index is 13.0. The summed E-state index contributed by atoms with van der Waals surface area (Å²) in [5, 5.41) is 2.51. The largest absolute Gasteiger partial charge is 0.496 e. The van der Waals surface area contributed by atoms with Crippen molar-refractivity contribution in [3.63, 3.8) is 0 Å². The number of benzene rings is 2. The summed E-state index contributed by atoms with van der Waals surface area (Å²) in [5.41, 5.74) is 0.637. The fraction of sp³-hybridized carbons (Fsp3) is 0.350. The lowest BCUT2D eigenvalue weighted by Crippen LogP contribution is -2.17. The van der Waals surface area contributed by atoms with Gasteiger partial charge in [0, 0.05) is 12.7 Å².